The third-order valence-electron chi connectivity index (χ3n) is 4.77. The van der Waals surface area contributed by atoms with Crippen molar-refractivity contribution in [2.24, 2.45) is 5.92 Å². The second kappa shape index (κ2) is 7.27. The number of hydrogen-bond donors (Lipinski definition) is 0. The molecule has 2 rings (SSSR count). The van der Waals surface area contributed by atoms with Crippen LogP contribution in [0.5, 0.6) is 0 Å². The van der Waals surface area contributed by atoms with Gasteiger partial charge in [-0.05, 0) is 19.3 Å². The van der Waals surface area contributed by atoms with Gasteiger partial charge < -0.3 is 9.64 Å². The largest absolute Gasteiger partial charge is 0.379 e. The first-order chi connectivity index (χ1) is 10.4. The van der Waals surface area contributed by atoms with Crippen molar-refractivity contribution in [3.05, 3.63) is 0 Å². The molecule has 2 fully saturated rings. The van der Waals surface area contributed by atoms with Gasteiger partial charge in [0.2, 0.25) is 5.91 Å². The molecule has 0 spiro atoms. The summed E-state index contributed by atoms with van der Waals surface area (Å²) in [5, 5.41) is -0.928. The van der Waals surface area contributed by atoms with Crippen LogP contribution in [-0.4, -0.2) is 80.6 Å². The van der Waals surface area contributed by atoms with E-state index in [1.165, 1.54) is 6.92 Å². The summed E-state index contributed by atoms with van der Waals surface area (Å²) in [6.07, 6.45) is 0.548. The molecule has 2 saturated heterocycles. The Kier molecular flexibility index (Phi) is 5.85. The minimum absolute atomic E-state index is 0.0796. The summed E-state index contributed by atoms with van der Waals surface area (Å²) in [5.74, 6) is 0.204. The highest BCUT2D eigenvalue weighted by Crippen LogP contribution is 2.24. The lowest BCUT2D eigenvalue weighted by Gasteiger charge is -2.34. The zero-order valence-corrected chi connectivity index (χ0v) is 14.6. The van der Waals surface area contributed by atoms with Gasteiger partial charge in [0, 0.05) is 32.2 Å². The number of likely N-dealkylation sites (tertiary alicyclic amines) is 1. The molecule has 0 N–H and O–H groups in total. The molecule has 3 atom stereocenters. The molecule has 128 valence electrons. The third kappa shape index (κ3) is 3.81. The highest BCUT2D eigenvalue weighted by Gasteiger charge is 2.40. The molecule has 22 heavy (non-hydrogen) atoms. The SMILES string of the molecule is CCCS(=O)(=O)[C@H](C)C(=O)N1C[C@H](C)[C@@H](N2CCOCC2)C1. The Morgan fingerprint density at radius 2 is 1.91 bits per heavy atom. The van der Waals surface area contributed by atoms with Crippen LogP contribution in [-0.2, 0) is 19.4 Å². The van der Waals surface area contributed by atoms with Crippen LogP contribution in [0, 0.1) is 5.92 Å². The monoisotopic (exact) mass is 332 g/mol. The lowest BCUT2D eigenvalue weighted by molar-refractivity contribution is -0.129. The van der Waals surface area contributed by atoms with Crippen molar-refractivity contribution in [2.75, 3.05) is 45.1 Å². The van der Waals surface area contributed by atoms with E-state index in [1.54, 1.807) is 4.90 Å². The van der Waals surface area contributed by atoms with Gasteiger partial charge in [0.25, 0.3) is 0 Å². The lowest BCUT2D eigenvalue weighted by atomic mass is 10.0. The van der Waals surface area contributed by atoms with E-state index in [1.807, 2.05) is 6.92 Å². The van der Waals surface area contributed by atoms with Gasteiger partial charge in [-0.1, -0.05) is 13.8 Å². The van der Waals surface area contributed by atoms with Gasteiger partial charge in [-0.25, -0.2) is 8.42 Å². The van der Waals surface area contributed by atoms with E-state index in [0.717, 1.165) is 26.3 Å². The van der Waals surface area contributed by atoms with Gasteiger partial charge in [-0.15, -0.1) is 0 Å². The summed E-state index contributed by atoms with van der Waals surface area (Å²) in [6.45, 7) is 10.0. The molecule has 7 heteroatoms. The number of nitrogens with zero attached hydrogens (tertiary/aromatic N) is 2. The molecular weight excluding hydrogens is 304 g/mol. The van der Waals surface area contributed by atoms with Crippen molar-refractivity contribution in [1.82, 2.24) is 9.80 Å². The molecule has 0 aromatic rings. The first-order valence-electron chi connectivity index (χ1n) is 8.19. The van der Waals surface area contributed by atoms with Crippen molar-refractivity contribution in [2.45, 2.75) is 38.5 Å². The minimum atomic E-state index is -3.33. The second-order valence-electron chi connectivity index (χ2n) is 6.45. The normalized spacial score (nSPS) is 28.8. The number of morpholine rings is 1. The molecule has 0 radical (unpaired) electrons. The summed E-state index contributed by atoms with van der Waals surface area (Å²) in [5.41, 5.74) is 0. The fraction of sp³-hybridized carbons (Fsp3) is 0.933. The topological polar surface area (TPSA) is 66.9 Å². The molecule has 6 nitrogen and oxygen atoms in total. The van der Waals surface area contributed by atoms with Crippen LogP contribution in [0.2, 0.25) is 0 Å². The third-order valence-corrected chi connectivity index (χ3v) is 7.03. The molecule has 0 aromatic carbocycles. The average Bonchev–Trinajstić information content (AvgIpc) is 2.88. The number of sulfone groups is 1. The number of amides is 1. The van der Waals surface area contributed by atoms with E-state index >= 15 is 0 Å². The Hall–Kier alpha value is -0.660. The van der Waals surface area contributed by atoms with Crippen molar-refractivity contribution in [3.63, 3.8) is 0 Å². The van der Waals surface area contributed by atoms with E-state index in [-0.39, 0.29) is 11.7 Å². The van der Waals surface area contributed by atoms with E-state index in [0.29, 0.717) is 31.5 Å². The molecule has 2 aliphatic rings. The van der Waals surface area contributed by atoms with Crippen LogP contribution in [0.1, 0.15) is 27.2 Å². The van der Waals surface area contributed by atoms with Crippen molar-refractivity contribution < 1.29 is 17.9 Å². The molecule has 0 aliphatic carbocycles. The Morgan fingerprint density at radius 3 is 2.50 bits per heavy atom. The Balaban J connectivity index is 2.00. The maximum Gasteiger partial charge on any atom is 0.240 e. The maximum atomic E-state index is 12.5. The highest BCUT2D eigenvalue weighted by atomic mass is 32.2. The van der Waals surface area contributed by atoms with E-state index in [2.05, 4.69) is 11.8 Å². The van der Waals surface area contributed by atoms with Gasteiger partial charge >= 0.3 is 0 Å². The predicted molar refractivity (Wildman–Crippen MR) is 85.5 cm³/mol. The number of carbonyl (C=O) groups excluding carboxylic acids is 1. The zero-order chi connectivity index (χ0) is 16.3. The number of ether oxygens (including phenoxy) is 1. The first kappa shape index (κ1) is 17.7. The molecule has 0 bridgehead atoms. The molecule has 2 heterocycles. The Labute approximate surface area is 133 Å². The fourth-order valence-electron chi connectivity index (χ4n) is 3.39. The standard InChI is InChI=1S/C15H28N2O4S/c1-4-9-22(19,20)13(3)15(18)17-10-12(2)14(11-17)16-5-7-21-8-6-16/h12-14H,4-11H2,1-3H3/t12-,13+,14-/m0/s1. The van der Waals surface area contributed by atoms with Crippen LogP contribution in [0.25, 0.3) is 0 Å². The minimum Gasteiger partial charge on any atom is -0.379 e. The molecule has 0 saturated carbocycles. The van der Waals surface area contributed by atoms with Crippen LogP contribution in [0.3, 0.4) is 0 Å². The summed E-state index contributed by atoms with van der Waals surface area (Å²) >= 11 is 0. The van der Waals surface area contributed by atoms with Crippen molar-refractivity contribution in [3.8, 4) is 0 Å². The van der Waals surface area contributed by atoms with Crippen molar-refractivity contribution in [1.29, 1.82) is 0 Å². The Bertz CT molecular complexity index is 488. The van der Waals surface area contributed by atoms with Crippen LogP contribution < -0.4 is 0 Å². The van der Waals surface area contributed by atoms with Crippen LogP contribution in [0.15, 0.2) is 0 Å². The second-order valence-corrected chi connectivity index (χ2v) is 8.89. The fourth-order valence-corrected chi connectivity index (χ4v) is 4.76. The molecule has 1 amide bonds. The molecule has 0 aromatic heterocycles. The lowest BCUT2D eigenvalue weighted by Crippen LogP contribution is -2.47. The van der Waals surface area contributed by atoms with Gasteiger partial charge in [0.15, 0.2) is 9.84 Å². The molecule has 2 aliphatic heterocycles. The first-order valence-corrected chi connectivity index (χ1v) is 9.90. The maximum absolute atomic E-state index is 12.5. The van der Waals surface area contributed by atoms with Crippen LogP contribution >= 0.6 is 0 Å². The van der Waals surface area contributed by atoms with Crippen LogP contribution in [0.4, 0.5) is 0 Å². The van der Waals surface area contributed by atoms with Gasteiger partial charge in [-0.2, -0.15) is 0 Å². The summed E-state index contributed by atoms with van der Waals surface area (Å²) in [6, 6.07) is 0.314. The number of carbonyl (C=O) groups is 1. The Morgan fingerprint density at radius 1 is 1.27 bits per heavy atom. The smallest absolute Gasteiger partial charge is 0.240 e. The molecular formula is C15H28N2O4S. The van der Waals surface area contributed by atoms with E-state index < -0.39 is 15.1 Å². The van der Waals surface area contributed by atoms with Gasteiger partial charge in [0.1, 0.15) is 5.25 Å². The average molecular weight is 332 g/mol. The highest BCUT2D eigenvalue weighted by molar-refractivity contribution is 7.92. The van der Waals surface area contributed by atoms with E-state index in [9.17, 15) is 13.2 Å². The zero-order valence-electron chi connectivity index (χ0n) is 13.8. The summed E-state index contributed by atoms with van der Waals surface area (Å²) in [7, 11) is -3.33. The molecule has 0 unspecified atom stereocenters. The number of rotatable bonds is 5. The number of hydrogen-bond acceptors (Lipinski definition) is 5. The van der Waals surface area contributed by atoms with Crippen molar-refractivity contribution >= 4 is 15.7 Å². The van der Waals surface area contributed by atoms with Gasteiger partial charge in [0.05, 0.1) is 19.0 Å². The van der Waals surface area contributed by atoms with E-state index in [4.69, 9.17) is 4.74 Å². The summed E-state index contributed by atoms with van der Waals surface area (Å²) < 4.78 is 29.6. The van der Waals surface area contributed by atoms with Gasteiger partial charge in [-0.3, -0.25) is 9.69 Å². The predicted octanol–water partition coefficient (Wildman–Crippen LogP) is 0.379. The quantitative estimate of drug-likeness (QED) is 0.728. The summed E-state index contributed by atoms with van der Waals surface area (Å²) in [4.78, 5) is 16.7.